The van der Waals surface area contributed by atoms with Gasteiger partial charge in [-0.05, 0) is 31.7 Å². The maximum atomic E-state index is 5.46. The van der Waals surface area contributed by atoms with E-state index in [1.165, 1.54) is 6.42 Å². The van der Waals surface area contributed by atoms with Gasteiger partial charge in [-0.1, -0.05) is 5.16 Å². The molecule has 0 aromatic carbocycles. The highest BCUT2D eigenvalue weighted by atomic mass is 16.5. The molecular weight excluding hydrogens is 218 g/mol. The number of rotatable bonds is 3. The molecule has 1 aromatic heterocycles. The van der Waals surface area contributed by atoms with Gasteiger partial charge in [0.05, 0.1) is 0 Å². The summed E-state index contributed by atoms with van der Waals surface area (Å²) in [5, 5.41) is 7.42. The van der Waals surface area contributed by atoms with Gasteiger partial charge < -0.3 is 14.6 Å². The van der Waals surface area contributed by atoms with Gasteiger partial charge in [0.25, 0.3) is 0 Å². The second-order valence-corrected chi connectivity index (χ2v) is 5.02. The number of nitrogens with zero attached hydrogens (tertiary/aromatic N) is 2. The Kier molecular flexibility index (Phi) is 3.38. The minimum absolute atomic E-state index is 0.440. The zero-order valence-electron chi connectivity index (χ0n) is 10.0. The normalized spacial score (nSPS) is 29.6. The standard InChI is InChI=1S/C12H19N3O2/c1-2-9(8-16-5-1)6-11-14-12(15-17-11)10-3-4-13-7-10/h9-10,13H,1-8H2. The first kappa shape index (κ1) is 11.2. The first-order valence-electron chi connectivity index (χ1n) is 6.53. The molecule has 3 heterocycles. The molecule has 0 amide bonds. The molecule has 0 saturated carbocycles. The lowest BCUT2D eigenvalue weighted by Gasteiger charge is -2.20. The quantitative estimate of drug-likeness (QED) is 0.853. The zero-order valence-corrected chi connectivity index (χ0v) is 10.0. The highest BCUT2D eigenvalue weighted by Crippen LogP contribution is 2.22. The maximum Gasteiger partial charge on any atom is 0.227 e. The van der Waals surface area contributed by atoms with Crippen LogP contribution in [0.4, 0.5) is 0 Å². The topological polar surface area (TPSA) is 60.2 Å². The van der Waals surface area contributed by atoms with Gasteiger partial charge in [-0.25, -0.2) is 0 Å². The molecule has 0 aliphatic carbocycles. The molecule has 1 N–H and O–H groups in total. The Morgan fingerprint density at radius 1 is 1.35 bits per heavy atom. The number of nitrogens with one attached hydrogen (secondary N) is 1. The molecule has 2 saturated heterocycles. The molecule has 1 aromatic rings. The lowest BCUT2D eigenvalue weighted by atomic mass is 9.99. The van der Waals surface area contributed by atoms with E-state index in [9.17, 15) is 0 Å². The Morgan fingerprint density at radius 2 is 2.35 bits per heavy atom. The van der Waals surface area contributed by atoms with Gasteiger partial charge in [-0.15, -0.1) is 0 Å². The number of hydrogen-bond acceptors (Lipinski definition) is 5. The molecule has 0 spiro atoms. The van der Waals surface area contributed by atoms with Crippen molar-refractivity contribution in [1.29, 1.82) is 0 Å². The SMILES string of the molecule is C1COCC(Cc2nc(C3CCNC3)no2)C1. The van der Waals surface area contributed by atoms with Crippen LogP contribution in [-0.4, -0.2) is 36.4 Å². The monoisotopic (exact) mass is 237 g/mol. The molecule has 3 rings (SSSR count). The minimum Gasteiger partial charge on any atom is -0.381 e. The Bertz CT molecular complexity index is 354. The van der Waals surface area contributed by atoms with Crippen LogP contribution in [0.25, 0.3) is 0 Å². The molecule has 0 bridgehead atoms. The Balaban J connectivity index is 1.59. The fourth-order valence-corrected chi connectivity index (χ4v) is 2.61. The van der Waals surface area contributed by atoms with E-state index in [2.05, 4.69) is 15.5 Å². The van der Waals surface area contributed by atoms with Gasteiger partial charge in [0.2, 0.25) is 5.89 Å². The van der Waals surface area contributed by atoms with Crippen LogP contribution in [-0.2, 0) is 11.2 Å². The largest absolute Gasteiger partial charge is 0.381 e. The summed E-state index contributed by atoms with van der Waals surface area (Å²) < 4.78 is 10.8. The molecule has 17 heavy (non-hydrogen) atoms. The van der Waals surface area contributed by atoms with Gasteiger partial charge >= 0.3 is 0 Å². The third kappa shape index (κ3) is 2.66. The summed E-state index contributed by atoms with van der Waals surface area (Å²) in [5.41, 5.74) is 0. The highest BCUT2D eigenvalue weighted by molar-refractivity contribution is 5.00. The van der Waals surface area contributed by atoms with Crippen molar-refractivity contribution in [2.24, 2.45) is 5.92 Å². The molecule has 2 unspecified atom stereocenters. The van der Waals surface area contributed by atoms with Crippen LogP contribution in [0.3, 0.4) is 0 Å². The maximum absolute atomic E-state index is 5.46. The molecule has 2 atom stereocenters. The average Bonchev–Trinajstić information content (AvgIpc) is 3.00. The van der Waals surface area contributed by atoms with Gasteiger partial charge in [-0.3, -0.25) is 0 Å². The highest BCUT2D eigenvalue weighted by Gasteiger charge is 2.23. The summed E-state index contributed by atoms with van der Waals surface area (Å²) in [6, 6.07) is 0. The predicted octanol–water partition coefficient (Wildman–Crippen LogP) is 1.12. The van der Waals surface area contributed by atoms with E-state index in [0.717, 1.165) is 57.3 Å². The smallest absolute Gasteiger partial charge is 0.227 e. The average molecular weight is 237 g/mol. The van der Waals surface area contributed by atoms with Crippen molar-refractivity contribution in [2.75, 3.05) is 26.3 Å². The van der Waals surface area contributed by atoms with Crippen LogP contribution in [0.5, 0.6) is 0 Å². The van der Waals surface area contributed by atoms with E-state index < -0.39 is 0 Å². The van der Waals surface area contributed by atoms with Crippen molar-refractivity contribution < 1.29 is 9.26 Å². The van der Waals surface area contributed by atoms with E-state index in [4.69, 9.17) is 9.26 Å². The number of hydrogen-bond donors (Lipinski definition) is 1. The first-order valence-corrected chi connectivity index (χ1v) is 6.53. The summed E-state index contributed by atoms with van der Waals surface area (Å²) in [7, 11) is 0. The van der Waals surface area contributed by atoms with Crippen LogP contribution < -0.4 is 5.32 Å². The van der Waals surface area contributed by atoms with Crippen LogP contribution in [0.1, 0.15) is 36.9 Å². The third-order valence-corrected chi connectivity index (χ3v) is 3.63. The van der Waals surface area contributed by atoms with Gasteiger partial charge in [0.1, 0.15) is 0 Å². The lowest BCUT2D eigenvalue weighted by Crippen LogP contribution is -2.19. The summed E-state index contributed by atoms with van der Waals surface area (Å²) in [6.07, 6.45) is 4.35. The van der Waals surface area contributed by atoms with E-state index in [0.29, 0.717) is 11.8 Å². The summed E-state index contributed by atoms with van der Waals surface area (Å²) in [6.45, 7) is 3.78. The summed E-state index contributed by atoms with van der Waals surface area (Å²) >= 11 is 0. The van der Waals surface area contributed by atoms with Crippen molar-refractivity contribution in [2.45, 2.75) is 31.6 Å². The lowest BCUT2D eigenvalue weighted by molar-refractivity contribution is 0.0520. The first-order chi connectivity index (χ1) is 8.42. The predicted molar refractivity (Wildman–Crippen MR) is 61.8 cm³/mol. The van der Waals surface area contributed by atoms with Crippen molar-refractivity contribution >= 4 is 0 Å². The Labute approximate surface area is 101 Å². The van der Waals surface area contributed by atoms with Crippen molar-refractivity contribution in [3.63, 3.8) is 0 Å². The second-order valence-electron chi connectivity index (χ2n) is 5.02. The van der Waals surface area contributed by atoms with Crippen LogP contribution in [0.15, 0.2) is 4.52 Å². The molecule has 0 radical (unpaired) electrons. The van der Waals surface area contributed by atoms with Crippen LogP contribution in [0, 0.1) is 5.92 Å². The van der Waals surface area contributed by atoms with E-state index in [1.54, 1.807) is 0 Å². The van der Waals surface area contributed by atoms with E-state index in [-0.39, 0.29) is 0 Å². The van der Waals surface area contributed by atoms with Gasteiger partial charge in [0, 0.05) is 32.1 Å². The fraction of sp³-hybridized carbons (Fsp3) is 0.833. The fourth-order valence-electron chi connectivity index (χ4n) is 2.61. The molecule has 2 fully saturated rings. The molecule has 2 aliphatic heterocycles. The summed E-state index contributed by atoms with van der Waals surface area (Å²) in [5.74, 6) is 2.65. The molecule has 2 aliphatic rings. The third-order valence-electron chi connectivity index (χ3n) is 3.63. The van der Waals surface area contributed by atoms with Crippen LogP contribution in [0.2, 0.25) is 0 Å². The van der Waals surface area contributed by atoms with Crippen molar-refractivity contribution in [3.05, 3.63) is 11.7 Å². The Morgan fingerprint density at radius 3 is 3.12 bits per heavy atom. The van der Waals surface area contributed by atoms with Gasteiger partial charge in [0.15, 0.2) is 5.82 Å². The molecular formula is C12H19N3O2. The molecule has 5 nitrogen and oxygen atoms in total. The van der Waals surface area contributed by atoms with Crippen LogP contribution >= 0.6 is 0 Å². The summed E-state index contributed by atoms with van der Waals surface area (Å²) in [4.78, 5) is 4.51. The van der Waals surface area contributed by atoms with Gasteiger partial charge in [-0.2, -0.15) is 4.98 Å². The molecule has 94 valence electrons. The van der Waals surface area contributed by atoms with E-state index >= 15 is 0 Å². The van der Waals surface area contributed by atoms with Crippen molar-refractivity contribution in [1.82, 2.24) is 15.5 Å². The van der Waals surface area contributed by atoms with E-state index in [1.807, 2.05) is 0 Å². The second kappa shape index (κ2) is 5.14. The van der Waals surface area contributed by atoms with Crippen molar-refractivity contribution in [3.8, 4) is 0 Å². The Hall–Kier alpha value is -0.940. The zero-order chi connectivity index (χ0) is 11.5. The minimum atomic E-state index is 0.440. The number of aromatic nitrogens is 2. The molecule has 5 heteroatoms. The number of ether oxygens (including phenoxy) is 1.